The van der Waals surface area contributed by atoms with E-state index in [1.807, 2.05) is 12.1 Å². The Morgan fingerprint density at radius 1 is 0.947 bits per heavy atom. The summed E-state index contributed by atoms with van der Waals surface area (Å²) in [5.74, 6) is -0.591. The molecule has 8 heteroatoms. The molecule has 8 nitrogen and oxygen atoms in total. The molecule has 0 spiro atoms. The lowest BCUT2D eigenvalue weighted by molar-refractivity contribution is -0.136. The van der Waals surface area contributed by atoms with E-state index < -0.39 is 11.7 Å². The first-order chi connectivity index (χ1) is 18.0. The van der Waals surface area contributed by atoms with Gasteiger partial charge >= 0.3 is 6.01 Å². The first-order valence-electron chi connectivity index (χ1n) is 13.1. The second kappa shape index (κ2) is 12.2. The number of ketones is 1. The molecule has 0 aliphatic carbocycles. The molecule has 5 rings (SSSR count). The molecule has 3 aromatic rings. The Morgan fingerprint density at radius 2 is 1.71 bits per heavy atom. The first kappa shape index (κ1) is 27.3. The molecule has 2 aliphatic rings. The molecule has 2 N–H and O–H groups in total. The van der Waals surface area contributed by atoms with Gasteiger partial charge in [-0.2, -0.15) is 9.97 Å². The molecule has 0 unspecified atom stereocenters. The van der Waals surface area contributed by atoms with Gasteiger partial charge in [0.15, 0.2) is 0 Å². The van der Waals surface area contributed by atoms with Crippen molar-refractivity contribution in [1.29, 1.82) is 0 Å². The summed E-state index contributed by atoms with van der Waals surface area (Å²) in [6.45, 7) is 6.05. The summed E-state index contributed by atoms with van der Waals surface area (Å²) in [4.78, 5) is 37.9. The van der Waals surface area contributed by atoms with Crippen LogP contribution in [0.4, 0.5) is 11.6 Å². The van der Waals surface area contributed by atoms with Crippen LogP contribution in [0.2, 0.25) is 0 Å². The second-order valence-corrected chi connectivity index (χ2v) is 9.77. The molecular weight excluding hydrogens is 478 g/mol. The number of anilines is 2. The number of ether oxygens (including phenoxy) is 1. The van der Waals surface area contributed by atoms with Gasteiger partial charge < -0.3 is 10.5 Å². The SMILES string of the molecule is C.CCCCOc1nc(N)c2c(n1)N(Cc1ccc(-c3cccc(CN4CCCC4)c3)cc1)C(=O)C(=O)C2. The van der Waals surface area contributed by atoms with E-state index in [0.29, 0.717) is 18.0 Å². The third-order valence-corrected chi connectivity index (χ3v) is 6.96. The molecule has 0 saturated carbocycles. The summed E-state index contributed by atoms with van der Waals surface area (Å²) in [6, 6.07) is 16.8. The second-order valence-electron chi connectivity index (χ2n) is 9.77. The van der Waals surface area contributed by atoms with Crippen LogP contribution in [0.1, 0.15) is 56.7 Å². The van der Waals surface area contributed by atoms with Crippen LogP contribution in [0.15, 0.2) is 48.5 Å². The number of likely N-dealkylation sites (tertiary alicyclic amines) is 1. The number of Topliss-reactive ketones (excluding diaryl/α,β-unsaturated/α-hetero) is 1. The van der Waals surface area contributed by atoms with Crippen LogP contribution in [-0.2, 0) is 29.1 Å². The maximum absolute atomic E-state index is 12.9. The first-order valence-corrected chi connectivity index (χ1v) is 13.1. The number of rotatable bonds is 9. The highest BCUT2D eigenvalue weighted by Crippen LogP contribution is 2.32. The zero-order chi connectivity index (χ0) is 25.8. The van der Waals surface area contributed by atoms with Crippen molar-refractivity contribution in [2.24, 2.45) is 0 Å². The maximum Gasteiger partial charge on any atom is 0.320 e. The zero-order valence-electron chi connectivity index (χ0n) is 21.3. The lowest BCUT2D eigenvalue weighted by Crippen LogP contribution is -2.42. The Morgan fingerprint density at radius 3 is 2.45 bits per heavy atom. The summed E-state index contributed by atoms with van der Waals surface area (Å²) < 4.78 is 5.64. The number of benzene rings is 2. The molecule has 1 saturated heterocycles. The Balaban J connectivity index is 0.00000336. The lowest BCUT2D eigenvalue weighted by atomic mass is 10.0. The van der Waals surface area contributed by atoms with Crippen molar-refractivity contribution in [3.63, 3.8) is 0 Å². The van der Waals surface area contributed by atoms with Gasteiger partial charge in [-0.25, -0.2) is 0 Å². The fraction of sp³-hybridized carbons (Fsp3) is 0.400. The van der Waals surface area contributed by atoms with Crippen LogP contribution < -0.4 is 15.4 Å². The quantitative estimate of drug-likeness (QED) is 0.323. The van der Waals surface area contributed by atoms with E-state index in [0.717, 1.165) is 36.1 Å². The number of nitrogens with zero attached hydrogens (tertiary/aromatic N) is 4. The predicted octanol–water partition coefficient (Wildman–Crippen LogP) is 4.80. The number of nitrogen functional groups attached to an aromatic ring is 1. The lowest BCUT2D eigenvalue weighted by Gasteiger charge is -2.28. The number of unbranched alkanes of at least 4 members (excludes halogenated alkanes) is 1. The van der Waals surface area contributed by atoms with Crippen LogP contribution in [0.25, 0.3) is 11.1 Å². The van der Waals surface area contributed by atoms with Crippen molar-refractivity contribution in [3.05, 3.63) is 65.2 Å². The summed E-state index contributed by atoms with van der Waals surface area (Å²) in [5.41, 5.74) is 11.1. The number of amides is 1. The number of aromatic nitrogens is 2. The molecule has 200 valence electrons. The monoisotopic (exact) mass is 515 g/mol. The largest absolute Gasteiger partial charge is 0.463 e. The topological polar surface area (TPSA) is 102 Å². The molecule has 38 heavy (non-hydrogen) atoms. The van der Waals surface area contributed by atoms with E-state index in [-0.39, 0.29) is 32.2 Å². The number of hydrogen-bond donors (Lipinski definition) is 1. The van der Waals surface area contributed by atoms with E-state index >= 15 is 0 Å². The van der Waals surface area contributed by atoms with Crippen LogP contribution in [0.5, 0.6) is 6.01 Å². The Kier molecular flexibility index (Phi) is 8.73. The van der Waals surface area contributed by atoms with Gasteiger partial charge in [-0.05, 0) is 60.7 Å². The molecule has 1 aromatic heterocycles. The zero-order valence-corrected chi connectivity index (χ0v) is 21.3. The Bertz CT molecular complexity index is 1290. The van der Waals surface area contributed by atoms with Gasteiger partial charge in [0.05, 0.1) is 13.2 Å². The van der Waals surface area contributed by atoms with Crippen molar-refractivity contribution < 1.29 is 14.3 Å². The number of nitrogens with two attached hydrogens (primary N) is 1. The molecule has 2 aromatic carbocycles. The highest BCUT2D eigenvalue weighted by molar-refractivity contribution is 6.43. The van der Waals surface area contributed by atoms with Gasteiger partial charge in [-0.1, -0.05) is 63.2 Å². The van der Waals surface area contributed by atoms with Gasteiger partial charge in [0.2, 0.25) is 5.78 Å². The summed E-state index contributed by atoms with van der Waals surface area (Å²) in [5, 5.41) is 0. The molecular formula is C30H37N5O3. The molecule has 0 radical (unpaired) electrons. The van der Waals surface area contributed by atoms with Crippen LogP contribution in [-0.4, -0.2) is 46.3 Å². The van der Waals surface area contributed by atoms with Crippen LogP contribution in [0, 0.1) is 0 Å². The number of carbonyl (C=O) groups is 2. The van der Waals surface area contributed by atoms with E-state index in [4.69, 9.17) is 10.5 Å². The fourth-order valence-corrected chi connectivity index (χ4v) is 4.90. The van der Waals surface area contributed by atoms with Gasteiger partial charge in [0, 0.05) is 18.5 Å². The Hall–Kier alpha value is -3.78. The van der Waals surface area contributed by atoms with Gasteiger partial charge in [-0.3, -0.25) is 19.4 Å². The van der Waals surface area contributed by atoms with Crippen molar-refractivity contribution in [2.75, 3.05) is 30.3 Å². The van der Waals surface area contributed by atoms with E-state index in [2.05, 4.69) is 58.2 Å². The molecule has 3 heterocycles. The average molecular weight is 516 g/mol. The third kappa shape index (κ3) is 6.02. The third-order valence-electron chi connectivity index (χ3n) is 6.96. The van der Waals surface area contributed by atoms with Crippen molar-refractivity contribution in [3.8, 4) is 17.1 Å². The number of carbonyl (C=O) groups excluding carboxylic acids is 2. The molecule has 1 fully saturated rings. The average Bonchev–Trinajstić information content (AvgIpc) is 3.41. The van der Waals surface area contributed by atoms with E-state index in [1.54, 1.807) is 0 Å². The fourth-order valence-electron chi connectivity index (χ4n) is 4.90. The van der Waals surface area contributed by atoms with Crippen molar-refractivity contribution in [1.82, 2.24) is 14.9 Å². The van der Waals surface area contributed by atoms with Crippen LogP contribution in [0.3, 0.4) is 0 Å². The molecule has 1 amide bonds. The van der Waals surface area contributed by atoms with Crippen LogP contribution >= 0.6 is 0 Å². The normalized spacial score (nSPS) is 15.3. The van der Waals surface area contributed by atoms with Crippen molar-refractivity contribution in [2.45, 2.75) is 59.5 Å². The summed E-state index contributed by atoms with van der Waals surface area (Å²) in [6.07, 6.45) is 4.29. The highest BCUT2D eigenvalue weighted by atomic mass is 16.5. The maximum atomic E-state index is 12.9. The van der Waals surface area contributed by atoms with Gasteiger partial charge in [0.25, 0.3) is 5.91 Å². The summed E-state index contributed by atoms with van der Waals surface area (Å²) in [7, 11) is 0. The minimum atomic E-state index is -0.594. The van der Waals surface area contributed by atoms with Gasteiger partial charge in [0.1, 0.15) is 11.6 Å². The predicted molar refractivity (Wildman–Crippen MR) is 150 cm³/mol. The van der Waals surface area contributed by atoms with Crippen molar-refractivity contribution >= 4 is 23.3 Å². The smallest absolute Gasteiger partial charge is 0.320 e. The minimum Gasteiger partial charge on any atom is -0.463 e. The highest BCUT2D eigenvalue weighted by Gasteiger charge is 2.35. The Labute approximate surface area is 224 Å². The van der Waals surface area contributed by atoms with E-state index in [1.165, 1.54) is 36.4 Å². The standard InChI is InChI=1S/C29H33N5O3.CH4/c1-2-3-15-37-29-31-26(30)24-17-25(35)28(36)34(27(24)32-29)19-20-9-11-22(12-10-20)23-8-6-7-21(16-23)18-33-13-4-5-14-33;/h6-12,16H,2-5,13-15,17-19H2,1H3,(H2,30,31,32);1H4. The molecule has 0 atom stereocenters. The molecule has 0 bridgehead atoms. The minimum absolute atomic E-state index is 0. The summed E-state index contributed by atoms with van der Waals surface area (Å²) >= 11 is 0. The van der Waals surface area contributed by atoms with Gasteiger partial charge in [-0.15, -0.1) is 0 Å². The number of hydrogen-bond acceptors (Lipinski definition) is 7. The number of fused-ring (bicyclic) bond motifs is 1. The molecule has 2 aliphatic heterocycles. The van der Waals surface area contributed by atoms with E-state index in [9.17, 15) is 9.59 Å².